The third-order valence-electron chi connectivity index (χ3n) is 1.05. The molecule has 1 aliphatic rings. The number of hydrogen-bond donors (Lipinski definition) is 1. The second-order valence-electron chi connectivity index (χ2n) is 2.08. The van der Waals surface area contributed by atoms with Gasteiger partial charge in [-0.25, -0.2) is 0 Å². The second-order valence-corrected chi connectivity index (χ2v) is 2.08. The minimum absolute atomic E-state index is 0.415. The van der Waals surface area contributed by atoms with Crippen LogP contribution < -0.4 is 0 Å². The monoisotopic (exact) mass is 118 g/mol. The molecule has 48 valence electrons. The highest BCUT2D eigenvalue weighted by atomic mass is 16.8. The van der Waals surface area contributed by atoms with Gasteiger partial charge in [-0.15, -0.1) is 0 Å². The van der Waals surface area contributed by atoms with Gasteiger partial charge in [0.25, 0.3) is 6.48 Å². The van der Waals surface area contributed by atoms with Crippen molar-refractivity contribution in [1.29, 1.82) is 0 Å². The zero-order valence-corrected chi connectivity index (χ0v) is 4.83. The molecule has 0 aromatic carbocycles. The van der Waals surface area contributed by atoms with Crippen LogP contribution in [-0.2, 0) is 9.47 Å². The third kappa shape index (κ3) is 1.43. The van der Waals surface area contributed by atoms with Gasteiger partial charge in [-0.2, -0.15) is 0 Å². The molecule has 1 rings (SSSR count). The lowest BCUT2D eigenvalue weighted by molar-refractivity contribution is -0.299. The Morgan fingerprint density at radius 1 is 1.38 bits per heavy atom. The van der Waals surface area contributed by atoms with E-state index in [0.29, 0.717) is 19.1 Å². The first-order valence-corrected chi connectivity index (χ1v) is 2.70. The summed E-state index contributed by atoms with van der Waals surface area (Å²) < 4.78 is 9.45. The largest absolute Gasteiger partial charge is 0.346 e. The van der Waals surface area contributed by atoms with E-state index >= 15 is 0 Å². The molecule has 0 spiro atoms. The molecule has 1 saturated heterocycles. The van der Waals surface area contributed by atoms with Gasteiger partial charge in [0.2, 0.25) is 0 Å². The molecule has 1 N–H and O–H groups in total. The van der Waals surface area contributed by atoms with E-state index in [0.717, 1.165) is 0 Å². The summed E-state index contributed by atoms with van der Waals surface area (Å²) in [6.07, 6.45) is 0. The second kappa shape index (κ2) is 2.44. The lowest BCUT2D eigenvalue weighted by Gasteiger charge is -2.22. The predicted octanol–water partition coefficient (Wildman–Crippen LogP) is -0.0548. The van der Waals surface area contributed by atoms with E-state index in [4.69, 9.17) is 14.6 Å². The van der Waals surface area contributed by atoms with Crippen LogP contribution in [0.25, 0.3) is 0 Å². The molecular formula is C5H10O3. The van der Waals surface area contributed by atoms with E-state index in [1.165, 1.54) is 0 Å². The third-order valence-corrected chi connectivity index (χ3v) is 1.05. The topological polar surface area (TPSA) is 38.7 Å². The van der Waals surface area contributed by atoms with Crippen LogP contribution in [0.15, 0.2) is 0 Å². The van der Waals surface area contributed by atoms with Crippen LogP contribution >= 0.6 is 0 Å². The summed E-state index contributed by atoms with van der Waals surface area (Å²) in [5.41, 5.74) is 0. The lowest BCUT2D eigenvalue weighted by atomic mass is 10.2. The van der Waals surface area contributed by atoms with E-state index in [1.54, 1.807) is 0 Å². The van der Waals surface area contributed by atoms with Crippen LogP contribution in [0.3, 0.4) is 0 Å². The van der Waals surface area contributed by atoms with Crippen molar-refractivity contribution in [3.05, 3.63) is 0 Å². The molecule has 3 nitrogen and oxygen atoms in total. The van der Waals surface area contributed by atoms with Crippen LogP contribution in [0.4, 0.5) is 0 Å². The Bertz CT molecular complexity index is 56.1. The molecule has 0 aromatic rings. The lowest BCUT2D eigenvalue weighted by Crippen LogP contribution is -2.29. The molecule has 0 aromatic heterocycles. The fraction of sp³-hybridized carbons (Fsp3) is 1.00. The van der Waals surface area contributed by atoms with Crippen molar-refractivity contribution in [2.24, 2.45) is 5.92 Å². The van der Waals surface area contributed by atoms with Gasteiger partial charge < -0.3 is 14.6 Å². The Kier molecular flexibility index (Phi) is 1.83. The first-order valence-electron chi connectivity index (χ1n) is 2.70. The van der Waals surface area contributed by atoms with Crippen molar-refractivity contribution < 1.29 is 14.6 Å². The zero-order chi connectivity index (χ0) is 5.98. The maximum atomic E-state index is 8.58. The molecule has 3 heteroatoms. The molecule has 0 saturated carbocycles. The van der Waals surface area contributed by atoms with Crippen LogP contribution in [0.1, 0.15) is 6.92 Å². The fourth-order valence-corrected chi connectivity index (χ4v) is 0.589. The van der Waals surface area contributed by atoms with Crippen molar-refractivity contribution in [1.82, 2.24) is 0 Å². The number of ether oxygens (including phenoxy) is 2. The van der Waals surface area contributed by atoms with E-state index in [9.17, 15) is 0 Å². The predicted molar refractivity (Wildman–Crippen MR) is 27.1 cm³/mol. The Balaban J connectivity index is 2.19. The van der Waals surface area contributed by atoms with E-state index < -0.39 is 6.48 Å². The number of aliphatic hydroxyl groups is 1. The van der Waals surface area contributed by atoms with Crippen LogP contribution in [0.5, 0.6) is 0 Å². The highest BCUT2D eigenvalue weighted by Crippen LogP contribution is 2.06. The quantitative estimate of drug-likeness (QED) is 0.484. The van der Waals surface area contributed by atoms with Gasteiger partial charge in [0.05, 0.1) is 13.2 Å². The maximum Gasteiger partial charge on any atom is 0.269 e. The van der Waals surface area contributed by atoms with Gasteiger partial charge >= 0.3 is 0 Å². The molecule has 8 heavy (non-hydrogen) atoms. The average molecular weight is 118 g/mol. The Hall–Kier alpha value is -0.120. The summed E-state index contributed by atoms with van der Waals surface area (Å²) >= 11 is 0. The molecular weight excluding hydrogens is 108 g/mol. The number of hydrogen-bond acceptors (Lipinski definition) is 3. The summed E-state index contributed by atoms with van der Waals surface area (Å²) in [6, 6.07) is 0. The van der Waals surface area contributed by atoms with Gasteiger partial charge in [-0.05, 0) is 0 Å². The first-order chi connectivity index (χ1) is 3.79. The van der Waals surface area contributed by atoms with Crippen LogP contribution in [0, 0.1) is 5.92 Å². The summed E-state index contributed by atoms with van der Waals surface area (Å²) in [7, 11) is 0. The van der Waals surface area contributed by atoms with Crippen molar-refractivity contribution in [3.8, 4) is 0 Å². The average Bonchev–Trinajstić information content (AvgIpc) is 1.77. The molecule has 0 unspecified atom stereocenters. The minimum atomic E-state index is -0.980. The fourth-order valence-electron chi connectivity index (χ4n) is 0.589. The van der Waals surface area contributed by atoms with Gasteiger partial charge in [-0.1, -0.05) is 6.92 Å². The Labute approximate surface area is 48.2 Å². The van der Waals surface area contributed by atoms with Crippen LogP contribution in [-0.4, -0.2) is 24.8 Å². The van der Waals surface area contributed by atoms with Crippen molar-refractivity contribution in [3.63, 3.8) is 0 Å². The SMILES string of the molecule is CC1COC(O)OC1. The van der Waals surface area contributed by atoms with Gasteiger partial charge in [0, 0.05) is 5.92 Å². The molecule has 1 aliphatic heterocycles. The Morgan fingerprint density at radius 3 is 2.25 bits per heavy atom. The first kappa shape index (κ1) is 6.01. The van der Waals surface area contributed by atoms with Gasteiger partial charge in [-0.3, -0.25) is 0 Å². The molecule has 1 heterocycles. The summed E-state index contributed by atoms with van der Waals surface area (Å²) in [4.78, 5) is 0. The highest BCUT2D eigenvalue weighted by Gasteiger charge is 2.15. The molecule has 1 fully saturated rings. The summed E-state index contributed by atoms with van der Waals surface area (Å²) in [6.45, 7) is 2.22. The van der Waals surface area contributed by atoms with Crippen molar-refractivity contribution >= 4 is 0 Å². The van der Waals surface area contributed by atoms with Crippen molar-refractivity contribution in [2.45, 2.75) is 13.4 Å². The van der Waals surface area contributed by atoms with Gasteiger partial charge in [0.15, 0.2) is 0 Å². The maximum absolute atomic E-state index is 8.58. The zero-order valence-electron chi connectivity index (χ0n) is 4.83. The highest BCUT2D eigenvalue weighted by molar-refractivity contribution is 4.51. The smallest absolute Gasteiger partial charge is 0.269 e. The molecule has 0 aliphatic carbocycles. The van der Waals surface area contributed by atoms with Gasteiger partial charge in [0.1, 0.15) is 0 Å². The van der Waals surface area contributed by atoms with E-state index in [1.807, 2.05) is 6.92 Å². The summed E-state index contributed by atoms with van der Waals surface area (Å²) in [5, 5.41) is 8.58. The number of rotatable bonds is 0. The van der Waals surface area contributed by atoms with E-state index in [2.05, 4.69) is 0 Å². The van der Waals surface area contributed by atoms with Crippen molar-refractivity contribution in [2.75, 3.05) is 13.2 Å². The normalized spacial score (nSPS) is 39.8. The number of aliphatic hydroxyl groups excluding tert-OH is 1. The Morgan fingerprint density at radius 2 is 1.88 bits per heavy atom. The minimum Gasteiger partial charge on any atom is -0.346 e. The molecule has 0 atom stereocenters. The molecule has 0 amide bonds. The summed E-state index contributed by atoms with van der Waals surface area (Å²) in [5.74, 6) is 0.415. The molecule has 0 bridgehead atoms. The van der Waals surface area contributed by atoms with Crippen LogP contribution in [0.2, 0.25) is 0 Å². The van der Waals surface area contributed by atoms with E-state index in [-0.39, 0.29) is 0 Å². The molecule has 0 radical (unpaired) electrons. The standard InChI is InChI=1S/C5H10O3/c1-4-2-7-5(6)8-3-4/h4-6H,2-3H2,1H3.